The fourth-order valence-electron chi connectivity index (χ4n) is 1.97. The van der Waals surface area contributed by atoms with Gasteiger partial charge in [-0.05, 0) is 12.8 Å². The van der Waals surface area contributed by atoms with Crippen LogP contribution >= 0.6 is 0 Å². The number of nitriles is 1. The van der Waals surface area contributed by atoms with E-state index in [0.29, 0.717) is 26.2 Å². The van der Waals surface area contributed by atoms with E-state index in [1.165, 1.54) is 15.7 Å². The van der Waals surface area contributed by atoms with Crippen molar-refractivity contribution < 1.29 is 13.2 Å². The van der Waals surface area contributed by atoms with Crippen molar-refractivity contribution in [2.45, 2.75) is 25.7 Å². The number of piperidine rings is 1. The number of methoxy groups -OCH3 is 1. The second kappa shape index (κ2) is 7.69. The van der Waals surface area contributed by atoms with Crippen molar-refractivity contribution in [3.05, 3.63) is 0 Å². The maximum Gasteiger partial charge on any atom is 0.282 e. The van der Waals surface area contributed by atoms with Crippen LogP contribution in [-0.4, -0.2) is 56.9 Å². The Morgan fingerprint density at radius 2 is 1.94 bits per heavy atom. The van der Waals surface area contributed by atoms with E-state index in [9.17, 15) is 8.42 Å². The highest BCUT2D eigenvalue weighted by atomic mass is 32.2. The lowest BCUT2D eigenvalue weighted by Crippen LogP contribution is -2.47. The number of nitrogens with zero attached hydrogens (tertiary/aromatic N) is 3. The van der Waals surface area contributed by atoms with Crippen molar-refractivity contribution in [1.82, 2.24) is 8.61 Å². The van der Waals surface area contributed by atoms with Gasteiger partial charge in [0.25, 0.3) is 10.2 Å². The van der Waals surface area contributed by atoms with E-state index >= 15 is 0 Å². The largest absolute Gasteiger partial charge is 0.383 e. The Morgan fingerprint density at radius 1 is 1.28 bits per heavy atom. The Labute approximate surface area is 109 Å². The Bertz CT molecular complexity index is 371. The van der Waals surface area contributed by atoms with E-state index in [1.54, 1.807) is 0 Å². The van der Waals surface area contributed by atoms with Gasteiger partial charge in [0.05, 0.1) is 12.7 Å². The van der Waals surface area contributed by atoms with Gasteiger partial charge in [0.1, 0.15) is 0 Å². The van der Waals surface area contributed by atoms with Gasteiger partial charge in [0, 0.05) is 39.7 Å². The summed E-state index contributed by atoms with van der Waals surface area (Å²) in [6.45, 7) is 2.05. The van der Waals surface area contributed by atoms with Gasteiger partial charge in [-0.15, -0.1) is 0 Å². The molecule has 0 spiro atoms. The fraction of sp³-hybridized carbons (Fsp3) is 0.909. The fourth-order valence-corrected chi connectivity index (χ4v) is 3.64. The number of hydrogen-bond donors (Lipinski definition) is 0. The van der Waals surface area contributed by atoms with Gasteiger partial charge in [0.2, 0.25) is 0 Å². The normalized spacial score (nSPS) is 17.8. The predicted molar refractivity (Wildman–Crippen MR) is 68.0 cm³/mol. The molecule has 0 unspecified atom stereocenters. The predicted octanol–water partition coefficient (Wildman–Crippen LogP) is 0.579. The molecule has 1 fully saturated rings. The third kappa shape index (κ3) is 4.21. The van der Waals surface area contributed by atoms with Crippen LogP contribution in [0.25, 0.3) is 0 Å². The van der Waals surface area contributed by atoms with Gasteiger partial charge >= 0.3 is 0 Å². The van der Waals surface area contributed by atoms with Crippen LogP contribution in [0.2, 0.25) is 0 Å². The molecule has 0 bridgehead atoms. The molecule has 6 nitrogen and oxygen atoms in total. The third-order valence-electron chi connectivity index (χ3n) is 2.99. The van der Waals surface area contributed by atoms with Crippen molar-refractivity contribution in [3.63, 3.8) is 0 Å². The maximum atomic E-state index is 12.4. The molecule has 0 aromatic rings. The van der Waals surface area contributed by atoms with E-state index < -0.39 is 10.2 Å². The molecule has 7 heteroatoms. The zero-order valence-corrected chi connectivity index (χ0v) is 11.7. The molecular weight excluding hydrogens is 254 g/mol. The monoisotopic (exact) mass is 275 g/mol. The van der Waals surface area contributed by atoms with E-state index in [1.807, 2.05) is 6.07 Å². The Kier molecular flexibility index (Phi) is 6.57. The average molecular weight is 275 g/mol. The average Bonchev–Trinajstić information content (AvgIpc) is 2.39. The zero-order chi connectivity index (χ0) is 13.4. The van der Waals surface area contributed by atoms with Gasteiger partial charge in [0.15, 0.2) is 0 Å². The molecule has 104 valence electrons. The molecule has 1 aliphatic heterocycles. The van der Waals surface area contributed by atoms with E-state index in [-0.39, 0.29) is 13.0 Å². The standard InChI is InChI=1S/C11H21N3O3S/c1-17-11-10-14(9-5-6-12)18(15,16)13-7-3-2-4-8-13/h2-5,7-11H2,1H3. The van der Waals surface area contributed by atoms with Crippen molar-refractivity contribution in [3.8, 4) is 6.07 Å². The lowest BCUT2D eigenvalue weighted by Gasteiger charge is -2.31. The Balaban J connectivity index is 2.70. The number of rotatable bonds is 7. The molecule has 0 N–H and O–H groups in total. The lowest BCUT2D eigenvalue weighted by molar-refractivity contribution is 0.175. The van der Waals surface area contributed by atoms with Gasteiger partial charge < -0.3 is 4.74 Å². The molecule has 0 aromatic heterocycles. The maximum absolute atomic E-state index is 12.4. The summed E-state index contributed by atoms with van der Waals surface area (Å²) in [5.74, 6) is 0. The van der Waals surface area contributed by atoms with Crippen molar-refractivity contribution >= 4 is 10.2 Å². The summed E-state index contributed by atoms with van der Waals surface area (Å²) in [5, 5.41) is 8.60. The van der Waals surface area contributed by atoms with Gasteiger partial charge in [-0.25, -0.2) is 0 Å². The van der Waals surface area contributed by atoms with Crippen LogP contribution in [0, 0.1) is 11.3 Å². The minimum absolute atomic E-state index is 0.205. The highest BCUT2D eigenvalue weighted by Crippen LogP contribution is 2.16. The lowest BCUT2D eigenvalue weighted by atomic mass is 10.2. The molecule has 0 amide bonds. The molecule has 0 aromatic carbocycles. The minimum atomic E-state index is -3.43. The summed E-state index contributed by atoms with van der Waals surface area (Å²) in [6, 6.07) is 1.98. The highest BCUT2D eigenvalue weighted by Gasteiger charge is 2.29. The van der Waals surface area contributed by atoms with Crippen LogP contribution < -0.4 is 0 Å². The second-order valence-electron chi connectivity index (χ2n) is 4.27. The van der Waals surface area contributed by atoms with E-state index in [4.69, 9.17) is 10.00 Å². The molecule has 0 radical (unpaired) electrons. The molecule has 1 rings (SSSR count). The topological polar surface area (TPSA) is 73.6 Å². The molecule has 1 heterocycles. The summed E-state index contributed by atoms with van der Waals surface area (Å²) < 4.78 is 32.6. The van der Waals surface area contributed by atoms with E-state index in [2.05, 4.69) is 0 Å². The second-order valence-corrected chi connectivity index (χ2v) is 6.20. The third-order valence-corrected chi connectivity index (χ3v) is 5.02. The summed E-state index contributed by atoms with van der Waals surface area (Å²) >= 11 is 0. The SMILES string of the molecule is COCCN(CCC#N)S(=O)(=O)N1CCCCC1. The first-order chi connectivity index (χ1) is 8.62. The van der Waals surface area contributed by atoms with Gasteiger partial charge in [-0.1, -0.05) is 6.42 Å². The molecule has 0 atom stereocenters. The smallest absolute Gasteiger partial charge is 0.282 e. The Morgan fingerprint density at radius 3 is 2.50 bits per heavy atom. The van der Waals surface area contributed by atoms with Crippen LogP contribution in [0.1, 0.15) is 25.7 Å². The van der Waals surface area contributed by atoms with Crippen molar-refractivity contribution in [1.29, 1.82) is 5.26 Å². The number of hydrogen-bond acceptors (Lipinski definition) is 4. The Hall–Kier alpha value is -0.680. The first kappa shape index (κ1) is 15.4. The summed E-state index contributed by atoms with van der Waals surface area (Å²) in [4.78, 5) is 0. The van der Waals surface area contributed by atoms with Crippen LogP contribution in [0.3, 0.4) is 0 Å². The van der Waals surface area contributed by atoms with Crippen LogP contribution in [0.4, 0.5) is 0 Å². The molecular formula is C11H21N3O3S. The van der Waals surface area contributed by atoms with Gasteiger partial charge in [-0.2, -0.15) is 22.3 Å². The first-order valence-corrected chi connectivity index (χ1v) is 7.63. The summed E-state index contributed by atoms with van der Waals surface area (Å²) in [7, 11) is -1.90. The molecule has 1 aliphatic rings. The summed E-state index contributed by atoms with van der Waals surface area (Å²) in [5.41, 5.74) is 0. The molecule has 0 aliphatic carbocycles. The van der Waals surface area contributed by atoms with E-state index in [0.717, 1.165) is 19.3 Å². The van der Waals surface area contributed by atoms with Crippen LogP contribution in [0.5, 0.6) is 0 Å². The molecule has 18 heavy (non-hydrogen) atoms. The molecule has 0 saturated carbocycles. The van der Waals surface area contributed by atoms with Crippen molar-refractivity contribution in [2.24, 2.45) is 0 Å². The van der Waals surface area contributed by atoms with Crippen LogP contribution in [-0.2, 0) is 14.9 Å². The highest BCUT2D eigenvalue weighted by molar-refractivity contribution is 7.86. The quantitative estimate of drug-likeness (QED) is 0.681. The molecule has 1 saturated heterocycles. The number of ether oxygens (including phenoxy) is 1. The zero-order valence-electron chi connectivity index (χ0n) is 10.8. The summed E-state index contributed by atoms with van der Waals surface area (Å²) in [6.07, 6.45) is 3.12. The minimum Gasteiger partial charge on any atom is -0.383 e. The van der Waals surface area contributed by atoms with Gasteiger partial charge in [-0.3, -0.25) is 0 Å². The van der Waals surface area contributed by atoms with Crippen LogP contribution in [0.15, 0.2) is 0 Å². The van der Waals surface area contributed by atoms with Crippen molar-refractivity contribution in [2.75, 3.05) is 39.9 Å². The first-order valence-electron chi connectivity index (χ1n) is 6.24.